The van der Waals surface area contributed by atoms with E-state index in [-0.39, 0.29) is 36.1 Å². The molecule has 3 N–H and O–H groups in total. The van der Waals surface area contributed by atoms with Crippen molar-refractivity contribution in [3.05, 3.63) is 59.7 Å². The molecule has 168 valence electrons. The van der Waals surface area contributed by atoms with Crippen LogP contribution in [0.4, 0.5) is 4.79 Å². The number of ether oxygens (including phenoxy) is 1. The molecule has 0 spiro atoms. The largest absolute Gasteiger partial charge is 0.481 e. The molecule has 32 heavy (non-hydrogen) atoms. The summed E-state index contributed by atoms with van der Waals surface area (Å²) < 4.78 is 5.55. The second kappa shape index (κ2) is 10.1. The van der Waals surface area contributed by atoms with E-state index in [0.717, 1.165) is 0 Å². The van der Waals surface area contributed by atoms with Crippen molar-refractivity contribution in [2.45, 2.75) is 24.8 Å². The molecule has 0 radical (unpaired) electrons. The fourth-order valence-corrected chi connectivity index (χ4v) is 4.87. The standard InChI is InChI=1S/C24H26N2O5S/c27-22(28)14-32-10-9-25-23(29)15-11-16(12-15)26-24(30)31-13-21-19-7-3-1-5-17(19)18-6-2-4-8-20(18)21/h1-8,15-16,21H,9-14H2,(H,25,29)(H,26,30)(H,27,28). The van der Waals surface area contributed by atoms with Gasteiger partial charge in [-0.3, -0.25) is 9.59 Å². The number of hydrogen-bond donors (Lipinski definition) is 3. The van der Waals surface area contributed by atoms with E-state index in [2.05, 4.69) is 34.9 Å². The quantitative estimate of drug-likeness (QED) is 0.503. The van der Waals surface area contributed by atoms with Gasteiger partial charge in [0.25, 0.3) is 0 Å². The molecule has 0 saturated heterocycles. The van der Waals surface area contributed by atoms with Crippen LogP contribution in [-0.2, 0) is 14.3 Å². The molecule has 2 aliphatic rings. The maximum Gasteiger partial charge on any atom is 0.407 e. The fraction of sp³-hybridized carbons (Fsp3) is 0.375. The van der Waals surface area contributed by atoms with Gasteiger partial charge in [-0.1, -0.05) is 48.5 Å². The Labute approximate surface area is 190 Å². The number of carbonyl (C=O) groups excluding carboxylic acids is 2. The van der Waals surface area contributed by atoms with Crippen LogP contribution in [-0.4, -0.2) is 53.8 Å². The van der Waals surface area contributed by atoms with Crippen molar-refractivity contribution >= 4 is 29.7 Å². The number of rotatable bonds is 9. The molecule has 2 aromatic carbocycles. The maximum atomic E-state index is 12.3. The Morgan fingerprint density at radius 2 is 1.62 bits per heavy atom. The molecule has 0 aromatic heterocycles. The minimum absolute atomic E-state index is 0.0204. The number of carboxylic acids is 1. The third-order valence-electron chi connectivity index (χ3n) is 5.95. The van der Waals surface area contributed by atoms with Crippen LogP contribution < -0.4 is 10.6 Å². The van der Waals surface area contributed by atoms with E-state index in [9.17, 15) is 14.4 Å². The van der Waals surface area contributed by atoms with Crippen LogP contribution in [0.2, 0.25) is 0 Å². The number of aliphatic carboxylic acids is 1. The third-order valence-corrected chi connectivity index (χ3v) is 6.89. The van der Waals surface area contributed by atoms with Gasteiger partial charge in [0.1, 0.15) is 6.61 Å². The van der Waals surface area contributed by atoms with Gasteiger partial charge in [-0.05, 0) is 35.1 Å². The average molecular weight is 455 g/mol. The van der Waals surface area contributed by atoms with Crippen molar-refractivity contribution in [2.24, 2.45) is 5.92 Å². The summed E-state index contributed by atoms with van der Waals surface area (Å²) in [6.45, 7) is 0.711. The van der Waals surface area contributed by atoms with E-state index in [4.69, 9.17) is 9.84 Å². The third kappa shape index (κ3) is 5.07. The Bertz CT molecular complexity index is 960. The number of hydrogen-bond acceptors (Lipinski definition) is 5. The van der Waals surface area contributed by atoms with Crippen molar-refractivity contribution in [1.82, 2.24) is 10.6 Å². The molecule has 2 aliphatic carbocycles. The van der Waals surface area contributed by atoms with Gasteiger partial charge in [0, 0.05) is 30.2 Å². The predicted octanol–water partition coefficient (Wildman–Crippen LogP) is 3.24. The van der Waals surface area contributed by atoms with Gasteiger partial charge in [-0.15, -0.1) is 11.8 Å². The van der Waals surface area contributed by atoms with Crippen LogP contribution in [0.25, 0.3) is 11.1 Å². The van der Waals surface area contributed by atoms with Crippen LogP contribution in [0, 0.1) is 5.92 Å². The number of thioether (sulfide) groups is 1. The van der Waals surface area contributed by atoms with Gasteiger partial charge in [-0.2, -0.15) is 0 Å². The highest BCUT2D eigenvalue weighted by Crippen LogP contribution is 2.44. The van der Waals surface area contributed by atoms with Crippen LogP contribution >= 0.6 is 11.8 Å². The highest BCUT2D eigenvalue weighted by Gasteiger charge is 2.36. The number of nitrogens with one attached hydrogen (secondary N) is 2. The fourth-order valence-electron chi connectivity index (χ4n) is 4.31. The molecule has 0 heterocycles. The zero-order valence-electron chi connectivity index (χ0n) is 17.6. The lowest BCUT2D eigenvalue weighted by Crippen LogP contribution is -2.49. The molecule has 2 amide bonds. The monoisotopic (exact) mass is 454 g/mol. The van der Waals surface area contributed by atoms with Crippen molar-refractivity contribution in [3.63, 3.8) is 0 Å². The Morgan fingerprint density at radius 3 is 2.25 bits per heavy atom. The van der Waals surface area contributed by atoms with E-state index in [1.165, 1.54) is 34.0 Å². The minimum atomic E-state index is -0.859. The molecule has 0 aliphatic heterocycles. The van der Waals surface area contributed by atoms with E-state index in [1.54, 1.807) is 0 Å². The normalized spacial score (nSPS) is 18.8. The number of alkyl carbamates (subject to hydrolysis) is 1. The van der Waals surface area contributed by atoms with Crippen molar-refractivity contribution in [2.75, 3.05) is 24.7 Å². The summed E-state index contributed by atoms with van der Waals surface area (Å²) in [5.74, 6) is -0.420. The van der Waals surface area contributed by atoms with E-state index < -0.39 is 12.1 Å². The molecule has 0 unspecified atom stereocenters. The molecule has 2 aromatic rings. The first-order chi connectivity index (χ1) is 15.5. The van der Waals surface area contributed by atoms with Gasteiger partial charge in [-0.25, -0.2) is 4.79 Å². The summed E-state index contributed by atoms with van der Waals surface area (Å²) in [4.78, 5) is 34.9. The van der Waals surface area contributed by atoms with Crippen molar-refractivity contribution in [1.29, 1.82) is 0 Å². The lowest BCUT2D eigenvalue weighted by atomic mass is 9.79. The zero-order chi connectivity index (χ0) is 22.5. The van der Waals surface area contributed by atoms with Crippen LogP contribution in [0.3, 0.4) is 0 Å². The van der Waals surface area contributed by atoms with Crippen molar-refractivity contribution < 1.29 is 24.2 Å². The molecule has 1 fully saturated rings. The highest BCUT2D eigenvalue weighted by atomic mass is 32.2. The number of carbonyl (C=O) groups is 3. The van der Waals surface area contributed by atoms with E-state index in [0.29, 0.717) is 25.1 Å². The molecule has 4 rings (SSSR count). The SMILES string of the molecule is O=C(O)CSCCNC(=O)C1CC(NC(=O)OCC2c3ccccc3-c3ccccc32)C1. The Morgan fingerprint density at radius 1 is 1.00 bits per heavy atom. The molecule has 0 atom stereocenters. The van der Waals surface area contributed by atoms with Gasteiger partial charge in [0.05, 0.1) is 5.75 Å². The first-order valence-electron chi connectivity index (χ1n) is 10.7. The van der Waals surface area contributed by atoms with Gasteiger partial charge < -0.3 is 20.5 Å². The number of fused-ring (bicyclic) bond motifs is 3. The summed E-state index contributed by atoms with van der Waals surface area (Å²) >= 11 is 1.27. The summed E-state index contributed by atoms with van der Waals surface area (Å²) in [5, 5.41) is 14.3. The number of benzene rings is 2. The van der Waals surface area contributed by atoms with Crippen molar-refractivity contribution in [3.8, 4) is 11.1 Å². The summed E-state index contributed by atoms with van der Waals surface area (Å²) in [6.07, 6.45) is 0.706. The lowest BCUT2D eigenvalue weighted by Gasteiger charge is -2.34. The van der Waals surface area contributed by atoms with Crippen LogP contribution in [0.15, 0.2) is 48.5 Å². The Balaban J connectivity index is 1.19. The zero-order valence-corrected chi connectivity index (χ0v) is 18.4. The maximum absolute atomic E-state index is 12.3. The van der Waals surface area contributed by atoms with E-state index >= 15 is 0 Å². The first kappa shape index (κ1) is 22.2. The van der Waals surface area contributed by atoms with Gasteiger partial charge in [0.15, 0.2) is 0 Å². The lowest BCUT2D eigenvalue weighted by molar-refractivity contribution is -0.134. The van der Waals surface area contributed by atoms with E-state index in [1.807, 2.05) is 24.3 Å². The highest BCUT2D eigenvalue weighted by molar-refractivity contribution is 7.99. The van der Waals surface area contributed by atoms with Gasteiger partial charge >= 0.3 is 12.1 Å². The average Bonchev–Trinajstić information content (AvgIpc) is 3.07. The first-order valence-corrected chi connectivity index (χ1v) is 11.9. The molecule has 1 saturated carbocycles. The topological polar surface area (TPSA) is 105 Å². The van der Waals surface area contributed by atoms with Gasteiger partial charge in [0.2, 0.25) is 5.91 Å². The smallest absolute Gasteiger partial charge is 0.407 e. The predicted molar refractivity (Wildman–Crippen MR) is 123 cm³/mol. The summed E-state index contributed by atoms with van der Waals surface area (Å²) in [5.41, 5.74) is 4.71. The molecular formula is C24H26N2O5S. The summed E-state index contributed by atoms with van der Waals surface area (Å²) in [7, 11) is 0. The molecular weight excluding hydrogens is 428 g/mol. The molecule has 7 nitrogen and oxygen atoms in total. The number of amides is 2. The Kier molecular flexibility index (Phi) is 6.99. The summed E-state index contributed by atoms with van der Waals surface area (Å²) in [6, 6.07) is 16.3. The second-order valence-corrected chi connectivity index (χ2v) is 9.18. The van der Waals surface area contributed by atoms with Crippen LogP contribution in [0.5, 0.6) is 0 Å². The molecule has 0 bridgehead atoms. The minimum Gasteiger partial charge on any atom is -0.481 e. The Hall–Kier alpha value is -3.00. The second-order valence-electron chi connectivity index (χ2n) is 8.07. The molecule has 8 heteroatoms. The number of carboxylic acid groups (broad SMARTS) is 1. The van der Waals surface area contributed by atoms with Crippen LogP contribution in [0.1, 0.15) is 29.9 Å².